The first-order chi connectivity index (χ1) is 6.22. The molecule has 1 aliphatic rings. The predicted molar refractivity (Wildman–Crippen MR) is 52.3 cm³/mol. The summed E-state index contributed by atoms with van der Waals surface area (Å²) < 4.78 is 0. The van der Waals surface area contributed by atoms with Crippen LogP contribution in [0.5, 0.6) is 0 Å². The van der Waals surface area contributed by atoms with Gasteiger partial charge in [-0.2, -0.15) is 0 Å². The normalized spacial score (nSPS) is 26.6. The first kappa shape index (κ1) is 10.5. The molecule has 1 saturated carbocycles. The highest BCUT2D eigenvalue weighted by atomic mass is 16.1. The molecule has 76 valence electrons. The van der Waals surface area contributed by atoms with E-state index in [1.165, 1.54) is 0 Å². The lowest BCUT2D eigenvalue weighted by Crippen LogP contribution is -2.49. The third-order valence-corrected chi connectivity index (χ3v) is 2.33. The second kappa shape index (κ2) is 5.19. The number of nitrogens with one attached hydrogen (secondary N) is 2. The molecule has 0 radical (unpaired) electrons. The summed E-state index contributed by atoms with van der Waals surface area (Å²) in [5.74, 6) is 0.124. The zero-order chi connectivity index (χ0) is 9.68. The molecule has 1 amide bonds. The second-order valence-electron chi connectivity index (χ2n) is 3.59. The average Bonchev–Trinajstić information content (AvgIpc) is 2.01. The lowest BCUT2D eigenvalue weighted by molar-refractivity contribution is -0.120. The maximum atomic E-state index is 11.0. The first-order valence-corrected chi connectivity index (χ1v) is 4.98. The summed E-state index contributed by atoms with van der Waals surface area (Å²) in [7, 11) is 0. The van der Waals surface area contributed by atoms with Crippen molar-refractivity contribution in [3.63, 3.8) is 0 Å². The minimum atomic E-state index is 0.124. The molecule has 4 nitrogen and oxygen atoms in total. The van der Waals surface area contributed by atoms with E-state index >= 15 is 0 Å². The number of carbonyl (C=O) groups is 1. The summed E-state index contributed by atoms with van der Waals surface area (Å²) in [6.45, 7) is 3.41. The summed E-state index contributed by atoms with van der Waals surface area (Å²) in [6.07, 6.45) is 2.67. The summed E-state index contributed by atoms with van der Waals surface area (Å²) in [5.41, 5.74) is 5.63. The zero-order valence-electron chi connectivity index (χ0n) is 8.18. The number of rotatable bonds is 5. The van der Waals surface area contributed by atoms with E-state index in [-0.39, 0.29) is 5.91 Å². The molecule has 0 spiro atoms. The van der Waals surface area contributed by atoms with Crippen molar-refractivity contribution in [2.75, 3.05) is 13.1 Å². The van der Waals surface area contributed by atoms with Gasteiger partial charge in [0.2, 0.25) is 5.91 Å². The smallest absolute Gasteiger partial charge is 0.221 e. The van der Waals surface area contributed by atoms with Crippen molar-refractivity contribution in [3.8, 4) is 0 Å². The molecule has 0 bridgehead atoms. The summed E-state index contributed by atoms with van der Waals surface area (Å²) in [4.78, 5) is 11.0. The molecule has 0 saturated heterocycles. The molecule has 0 unspecified atom stereocenters. The molecule has 1 rings (SSSR count). The fourth-order valence-electron chi connectivity index (χ4n) is 1.50. The quantitative estimate of drug-likeness (QED) is 0.545. The summed E-state index contributed by atoms with van der Waals surface area (Å²) in [5, 5.41) is 6.06. The van der Waals surface area contributed by atoms with Crippen LogP contribution < -0.4 is 16.4 Å². The van der Waals surface area contributed by atoms with Crippen LogP contribution >= 0.6 is 0 Å². The standard InChI is InChI=1S/C9H19N3O/c1-2-11-9(13)3-4-12-8-5-7(10)6-8/h7-8,12H,2-6,10H2,1H3,(H,11,13). The Labute approximate surface area is 79.3 Å². The Morgan fingerprint density at radius 1 is 1.54 bits per heavy atom. The SMILES string of the molecule is CCNC(=O)CCNC1CC(N)C1. The van der Waals surface area contributed by atoms with Crippen LogP contribution in [0.4, 0.5) is 0 Å². The van der Waals surface area contributed by atoms with Crippen molar-refractivity contribution in [1.82, 2.24) is 10.6 Å². The molecule has 0 heterocycles. The highest BCUT2D eigenvalue weighted by molar-refractivity contribution is 5.75. The highest BCUT2D eigenvalue weighted by Gasteiger charge is 2.24. The van der Waals surface area contributed by atoms with Gasteiger partial charge >= 0.3 is 0 Å². The van der Waals surface area contributed by atoms with Crippen LogP contribution in [0, 0.1) is 0 Å². The Balaban J connectivity index is 1.92. The third-order valence-electron chi connectivity index (χ3n) is 2.33. The number of nitrogens with two attached hydrogens (primary N) is 1. The molecular formula is C9H19N3O. The van der Waals surface area contributed by atoms with Gasteiger partial charge in [0.25, 0.3) is 0 Å². The summed E-state index contributed by atoms with van der Waals surface area (Å²) in [6, 6.07) is 0.923. The van der Waals surface area contributed by atoms with Crippen molar-refractivity contribution < 1.29 is 4.79 Å². The van der Waals surface area contributed by atoms with Gasteiger partial charge in [-0.05, 0) is 19.8 Å². The van der Waals surface area contributed by atoms with Gasteiger partial charge in [0, 0.05) is 31.6 Å². The maximum Gasteiger partial charge on any atom is 0.221 e. The highest BCUT2D eigenvalue weighted by Crippen LogP contribution is 2.16. The van der Waals surface area contributed by atoms with Crippen LogP contribution in [0.3, 0.4) is 0 Å². The Kier molecular flexibility index (Phi) is 4.18. The van der Waals surface area contributed by atoms with Gasteiger partial charge in [-0.15, -0.1) is 0 Å². The third kappa shape index (κ3) is 3.74. The molecule has 0 atom stereocenters. The molecule has 0 aromatic rings. The minimum absolute atomic E-state index is 0.124. The number of hydrogen-bond donors (Lipinski definition) is 3. The monoisotopic (exact) mass is 185 g/mol. The Bertz CT molecular complexity index is 166. The maximum absolute atomic E-state index is 11.0. The molecule has 0 aliphatic heterocycles. The second-order valence-corrected chi connectivity index (χ2v) is 3.59. The Hall–Kier alpha value is -0.610. The van der Waals surface area contributed by atoms with E-state index in [4.69, 9.17) is 5.73 Å². The van der Waals surface area contributed by atoms with Gasteiger partial charge in [-0.25, -0.2) is 0 Å². The molecule has 4 heteroatoms. The van der Waals surface area contributed by atoms with Gasteiger partial charge in [-0.3, -0.25) is 4.79 Å². The van der Waals surface area contributed by atoms with E-state index in [9.17, 15) is 4.79 Å². The average molecular weight is 185 g/mol. The number of amides is 1. The van der Waals surface area contributed by atoms with E-state index in [1.807, 2.05) is 6.92 Å². The number of carbonyl (C=O) groups excluding carboxylic acids is 1. The van der Waals surface area contributed by atoms with E-state index in [0.29, 0.717) is 25.0 Å². The molecule has 1 aliphatic carbocycles. The minimum Gasteiger partial charge on any atom is -0.356 e. The lowest BCUT2D eigenvalue weighted by Gasteiger charge is -2.33. The first-order valence-electron chi connectivity index (χ1n) is 4.98. The van der Waals surface area contributed by atoms with Crippen molar-refractivity contribution in [3.05, 3.63) is 0 Å². The van der Waals surface area contributed by atoms with Crippen LogP contribution in [-0.4, -0.2) is 31.1 Å². The van der Waals surface area contributed by atoms with E-state index in [2.05, 4.69) is 10.6 Å². The largest absolute Gasteiger partial charge is 0.356 e. The fourth-order valence-corrected chi connectivity index (χ4v) is 1.50. The van der Waals surface area contributed by atoms with E-state index in [0.717, 1.165) is 19.4 Å². The molecule has 0 aromatic carbocycles. The van der Waals surface area contributed by atoms with E-state index in [1.54, 1.807) is 0 Å². The van der Waals surface area contributed by atoms with Gasteiger partial charge in [0.1, 0.15) is 0 Å². The van der Waals surface area contributed by atoms with Gasteiger partial charge in [0.15, 0.2) is 0 Å². The Morgan fingerprint density at radius 3 is 2.77 bits per heavy atom. The van der Waals surface area contributed by atoms with Crippen LogP contribution in [0.1, 0.15) is 26.2 Å². The van der Waals surface area contributed by atoms with E-state index < -0.39 is 0 Å². The topological polar surface area (TPSA) is 67.2 Å². The van der Waals surface area contributed by atoms with Crippen molar-refractivity contribution in [1.29, 1.82) is 0 Å². The molecule has 0 aromatic heterocycles. The zero-order valence-corrected chi connectivity index (χ0v) is 8.18. The molecule has 1 fully saturated rings. The van der Waals surface area contributed by atoms with Crippen LogP contribution in [0.25, 0.3) is 0 Å². The van der Waals surface area contributed by atoms with Gasteiger partial charge < -0.3 is 16.4 Å². The van der Waals surface area contributed by atoms with Gasteiger partial charge in [-0.1, -0.05) is 0 Å². The number of hydrogen-bond acceptors (Lipinski definition) is 3. The summed E-state index contributed by atoms with van der Waals surface area (Å²) >= 11 is 0. The fraction of sp³-hybridized carbons (Fsp3) is 0.889. The van der Waals surface area contributed by atoms with Crippen molar-refractivity contribution >= 4 is 5.91 Å². The molecular weight excluding hydrogens is 166 g/mol. The molecule has 13 heavy (non-hydrogen) atoms. The molecule has 4 N–H and O–H groups in total. The van der Waals surface area contributed by atoms with Crippen LogP contribution in [0.2, 0.25) is 0 Å². The van der Waals surface area contributed by atoms with Gasteiger partial charge in [0.05, 0.1) is 0 Å². The predicted octanol–water partition coefficient (Wildman–Crippen LogP) is -0.408. The van der Waals surface area contributed by atoms with Crippen molar-refractivity contribution in [2.24, 2.45) is 5.73 Å². The van der Waals surface area contributed by atoms with Crippen LogP contribution in [-0.2, 0) is 4.79 Å². The lowest BCUT2D eigenvalue weighted by atomic mass is 9.88. The Morgan fingerprint density at radius 2 is 2.23 bits per heavy atom. The van der Waals surface area contributed by atoms with Crippen LogP contribution in [0.15, 0.2) is 0 Å². The van der Waals surface area contributed by atoms with Crippen molar-refractivity contribution in [2.45, 2.75) is 38.3 Å².